The van der Waals surface area contributed by atoms with E-state index in [1.165, 1.54) is 17.5 Å². The SMILES string of the molecule is O=C(Nc1nc(-c2cc(Cl)ccc2Cl)cs1)c1ccc(Cl)nc1. The van der Waals surface area contributed by atoms with Crippen molar-refractivity contribution in [1.29, 1.82) is 0 Å². The summed E-state index contributed by atoms with van der Waals surface area (Å²) in [5.74, 6) is -0.313. The molecule has 0 aliphatic rings. The number of aromatic nitrogens is 2. The highest BCUT2D eigenvalue weighted by Gasteiger charge is 2.12. The van der Waals surface area contributed by atoms with Crippen molar-refractivity contribution in [2.24, 2.45) is 0 Å². The van der Waals surface area contributed by atoms with Gasteiger partial charge in [-0.2, -0.15) is 0 Å². The Morgan fingerprint density at radius 2 is 1.96 bits per heavy atom. The summed E-state index contributed by atoms with van der Waals surface area (Å²) in [6.45, 7) is 0. The summed E-state index contributed by atoms with van der Waals surface area (Å²) in [4.78, 5) is 20.4. The Labute approximate surface area is 151 Å². The molecule has 3 aromatic rings. The number of thiazole rings is 1. The van der Waals surface area contributed by atoms with Crippen LogP contribution in [0.2, 0.25) is 15.2 Å². The van der Waals surface area contributed by atoms with Gasteiger partial charge in [-0.25, -0.2) is 9.97 Å². The van der Waals surface area contributed by atoms with Crippen molar-refractivity contribution in [3.05, 3.63) is 62.7 Å². The molecule has 0 fully saturated rings. The van der Waals surface area contributed by atoms with Crippen molar-refractivity contribution in [2.75, 3.05) is 5.32 Å². The minimum absolute atomic E-state index is 0.313. The molecule has 2 heterocycles. The first kappa shape index (κ1) is 16.2. The zero-order valence-corrected chi connectivity index (χ0v) is 14.5. The molecule has 0 radical (unpaired) electrons. The summed E-state index contributed by atoms with van der Waals surface area (Å²) in [5, 5.41) is 6.40. The van der Waals surface area contributed by atoms with E-state index >= 15 is 0 Å². The Bertz CT molecular complexity index is 865. The monoisotopic (exact) mass is 383 g/mol. The molecule has 0 aliphatic heterocycles. The van der Waals surface area contributed by atoms with Gasteiger partial charge in [0.2, 0.25) is 0 Å². The van der Waals surface area contributed by atoms with Gasteiger partial charge in [0, 0.05) is 22.2 Å². The van der Waals surface area contributed by atoms with E-state index in [1.54, 1.807) is 35.7 Å². The number of hydrogen-bond donors (Lipinski definition) is 1. The normalized spacial score (nSPS) is 10.6. The van der Waals surface area contributed by atoms with Crippen LogP contribution in [0.5, 0.6) is 0 Å². The molecule has 8 heteroatoms. The van der Waals surface area contributed by atoms with Crippen LogP contribution >= 0.6 is 46.1 Å². The predicted octanol–water partition coefficient (Wildman–Crippen LogP) is 5.42. The molecule has 0 atom stereocenters. The lowest BCUT2D eigenvalue weighted by atomic mass is 10.2. The number of hydrogen-bond acceptors (Lipinski definition) is 4. The van der Waals surface area contributed by atoms with Crippen LogP contribution in [-0.4, -0.2) is 15.9 Å². The molecule has 3 rings (SSSR count). The van der Waals surface area contributed by atoms with E-state index in [-0.39, 0.29) is 5.91 Å². The largest absolute Gasteiger partial charge is 0.298 e. The number of nitrogens with one attached hydrogen (secondary N) is 1. The molecule has 1 aromatic carbocycles. The number of pyridine rings is 1. The molecule has 4 nitrogen and oxygen atoms in total. The van der Waals surface area contributed by atoms with E-state index in [4.69, 9.17) is 34.8 Å². The van der Waals surface area contributed by atoms with Crippen molar-refractivity contribution < 1.29 is 4.79 Å². The first-order chi connectivity index (χ1) is 11.0. The maximum atomic E-state index is 12.1. The highest BCUT2D eigenvalue weighted by molar-refractivity contribution is 7.14. The van der Waals surface area contributed by atoms with E-state index in [2.05, 4.69) is 15.3 Å². The van der Waals surface area contributed by atoms with Gasteiger partial charge in [0.15, 0.2) is 5.13 Å². The van der Waals surface area contributed by atoms with E-state index in [1.807, 2.05) is 0 Å². The third-order valence-electron chi connectivity index (χ3n) is 2.92. The van der Waals surface area contributed by atoms with E-state index < -0.39 is 0 Å². The Kier molecular flexibility index (Phi) is 4.82. The van der Waals surface area contributed by atoms with Gasteiger partial charge in [0.1, 0.15) is 5.15 Å². The summed E-state index contributed by atoms with van der Waals surface area (Å²) in [7, 11) is 0. The second kappa shape index (κ2) is 6.84. The number of carbonyl (C=O) groups is 1. The smallest absolute Gasteiger partial charge is 0.259 e. The lowest BCUT2D eigenvalue weighted by Gasteiger charge is -2.02. The van der Waals surface area contributed by atoms with Gasteiger partial charge in [-0.15, -0.1) is 11.3 Å². The van der Waals surface area contributed by atoms with E-state index in [0.717, 1.165) is 0 Å². The summed E-state index contributed by atoms with van der Waals surface area (Å²) in [6.07, 6.45) is 1.40. The van der Waals surface area contributed by atoms with Crippen molar-refractivity contribution in [2.45, 2.75) is 0 Å². The van der Waals surface area contributed by atoms with E-state index in [0.29, 0.717) is 37.2 Å². The Balaban J connectivity index is 1.81. The number of rotatable bonds is 3. The van der Waals surface area contributed by atoms with Gasteiger partial charge in [-0.1, -0.05) is 34.8 Å². The zero-order chi connectivity index (χ0) is 16.4. The molecule has 0 unspecified atom stereocenters. The predicted molar refractivity (Wildman–Crippen MR) is 94.8 cm³/mol. The molecule has 0 spiro atoms. The highest BCUT2D eigenvalue weighted by atomic mass is 35.5. The van der Waals surface area contributed by atoms with Crippen molar-refractivity contribution in [1.82, 2.24) is 9.97 Å². The molecule has 0 aliphatic carbocycles. The number of amides is 1. The number of benzene rings is 1. The highest BCUT2D eigenvalue weighted by Crippen LogP contribution is 2.32. The first-order valence-corrected chi connectivity index (χ1v) is 8.38. The van der Waals surface area contributed by atoms with Crippen molar-refractivity contribution in [3.63, 3.8) is 0 Å². The average Bonchev–Trinajstić information content (AvgIpc) is 2.98. The second-order valence-electron chi connectivity index (χ2n) is 4.49. The molecular weight excluding hydrogens is 377 g/mol. The Morgan fingerprint density at radius 3 is 2.70 bits per heavy atom. The standard InChI is InChI=1S/C15H8Cl3N3OS/c16-9-2-3-11(17)10(5-9)12-7-23-15(20-12)21-14(22)8-1-4-13(18)19-6-8/h1-7H,(H,20,21,22). The van der Waals surface area contributed by atoms with Crippen LogP contribution in [0.15, 0.2) is 41.9 Å². The molecule has 0 bridgehead atoms. The van der Waals surface area contributed by atoms with Crippen molar-refractivity contribution >= 4 is 57.2 Å². The number of halogens is 3. The molecular formula is C15H8Cl3N3OS. The third kappa shape index (κ3) is 3.82. The van der Waals surface area contributed by atoms with Crippen LogP contribution < -0.4 is 5.32 Å². The van der Waals surface area contributed by atoms with Crippen LogP contribution in [0, 0.1) is 0 Å². The minimum Gasteiger partial charge on any atom is -0.298 e. The molecule has 23 heavy (non-hydrogen) atoms. The van der Waals surface area contributed by atoms with Gasteiger partial charge in [-0.05, 0) is 30.3 Å². The zero-order valence-electron chi connectivity index (χ0n) is 11.4. The maximum Gasteiger partial charge on any atom is 0.259 e. The number of nitrogens with zero attached hydrogens (tertiary/aromatic N) is 2. The minimum atomic E-state index is -0.313. The molecule has 2 aromatic heterocycles. The molecule has 0 saturated heterocycles. The van der Waals surface area contributed by atoms with Crippen LogP contribution in [0.4, 0.5) is 5.13 Å². The average molecular weight is 385 g/mol. The number of anilines is 1. The summed E-state index contributed by atoms with van der Waals surface area (Å²) in [5.41, 5.74) is 1.75. The molecule has 116 valence electrons. The lowest BCUT2D eigenvalue weighted by molar-refractivity contribution is 0.102. The van der Waals surface area contributed by atoms with Gasteiger partial charge in [0.25, 0.3) is 5.91 Å². The topological polar surface area (TPSA) is 54.9 Å². The van der Waals surface area contributed by atoms with Crippen LogP contribution in [0.25, 0.3) is 11.3 Å². The molecule has 1 amide bonds. The summed E-state index contributed by atoms with van der Waals surface area (Å²) >= 11 is 19.1. The van der Waals surface area contributed by atoms with Gasteiger partial charge >= 0.3 is 0 Å². The van der Waals surface area contributed by atoms with Crippen LogP contribution in [-0.2, 0) is 0 Å². The summed E-state index contributed by atoms with van der Waals surface area (Å²) < 4.78 is 0. The first-order valence-electron chi connectivity index (χ1n) is 6.37. The van der Waals surface area contributed by atoms with Crippen molar-refractivity contribution in [3.8, 4) is 11.3 Å². The summed E-state index contributed by atoms with van der Waals surface area (Å²) in [6, 6.07) is 8.28. The maximum absolute atomic E-state index is 12.1. The quantitative estimate of drug-likeness (QED) is 0.614. The van der Waals surface area contributed by atoms with Gasteiger partial charge in [-0.3, -0.25) is 10.1 Å². The van der Waals surface area contributed by atoms with E-state index in [9.17, 15) is 4.79 Å². The lowest BCUT2D eigenvalue weighted by Crippen LogP contribution is -2.11. The van der Waals surface area contributed by atoms with Crippen LogP contribution in [0.3, 0.4) is 0 Å². The fourth-order valence-electron chi connectivity index (χ4n) is 1.83. The third-order valence-corrected chi connectivity index (χ3v) is 4.46. The second-order valence-corrected chi connectivity index (χ2v) is 6.57. The Hall–Kier alpha value is -1.66. The molecule has 0 saturated carbocycles. The fraction of sp³-hybridized carbons (Fsp3) is 0. The molecule has 1 N–H and O–H groups in total. The van der Waals surface area contributed by atoms with Crippen LogP contribution in [0.1, 0.15) is 10.4 Å². The Morgan fingerprint density at radius 1 is 1.13 bits per heavy atom. The van der Waals surface area contributed by atoms with Gasteiger partial charge < -0.3 is 0 Å². The number of carbonyl (C=O) groups excluding carboxylic acids is 1. The van der Waals surface area contributed by atoms with Gasteiger partial charge in [0.05, 0.1) is 16.3 Å². The fourth-order valence-corrected chi connectivity index (χ4v) is 3.03.